The molecule has 0 saturated heterocycles. The number of sulfone groups is 1. The minimum Gasteiger partial charge on any atom is -0.490 e. The Morgan fingerprint density at radius 3 is 2.45 bits per heavy atom. The monoisotopic (exact) mass is 476 g/mol. The van der Waals surface area contributed by atoms with Crippen LogP contribution in [0.2, 0.25) is 0 Å². The molecule has 1 N–H and O–H groups in total. The molecule has 2 heterocycles. The van der Waals surface area contributed by atoms with Gasteiger partial charge in [-0.15, -0.1) is 0 Å². The van der Waals surface area contributed by atoms with Crippen molar-refractivity contribution in [2.24, 2.45) is 0 Å². The first-order chi connectivity index (χ1) is 15.7. The Bertz CT molecular complexity index is 1260. The normalized spacial score (nSPS) is 19.5. The lowest BCUT2D eigenvalue weighted by Crippen LogP contribution is -2.31. The van der Waals surface area contributed by atoms with Crippen molar-refractivity contribution in [3.63, 3.8) is 0 Å². The summed E-state index contributed by atoms with van der Waals surface area (Å²) in [7, 11) is -3.48. The number of hydrogen-bond donors (Lipinski definition) is 1. The number of rotatable bonds is 5. The maximum absolute atomic E-state index is 13.6. The summed E-state index contributed by atoms with van der Waals surface area (Å²) < 4.78 is 60.7. The van der Waals surface area contributed by atoms with E-state index in [9.17, 15) is 22.4 Å². The number of pyridine rings is 1. The molecule has 2 aliphatic heterocycles. The smallest absolute Gasteiger partial charge is 0.248 e. The zero-order valence-electron chi connectivity index (χ0n) is 18.3. The molecule has 1 aromatic carbocycles. The van der Waals surface area contributed by atoms with Gasteiger partial charge in [0.05, 0.1) is 21.9 Å². The fraction of sp³-hybridized carbons (Fsp3) is 0.458. The van der Waals surface area contributed by atoms with Gasteiger partial charge in [-0.3, -0.25) is 0 Å². The molecular weight excluding hydrogens is 450 g/mol. The largest absolute Gasteiger partial charge is 0.490 e. The van der Waals surface area contributed by atoms with Crippen LogP contribution in [0, 0.1) is 6.92 Å². The van der Waals surface area contributed by atoms with Crippen LogP contribution >= 0.6 is 0 Å². The average molecular weight is 477 g/mol. The molecule has 4 aliphatic rings. The summed E-state index contributed by atoms with van der Waals surface area (Å²) in [4.78, 5) is 4.44. The second kappa shape index (κ2) is 7.97. The number of fused-ring (bicyclic) bond motifs is 1. The number of aryl methyl sites for hydroxylation is 1. The summed E-state index contributed by atoms with van der Waals surface area (Å²) in [5, 5.41) is 9.97. The van der Waals surface area contributed by atoms with Crippen molar-refractivity contribution in [2.75, 3.05) is 0 Å². The first kappa shape index (κ1) is 22.1. The van der Waals surface area contributed by atoms with Gasteiger partial charge in [0.15, 0.2) is 15.7 Å². The van der Waals surface area contributed by atoms with Crippen molar-refractivity contribution >= 4 is 9.84 Å². The van der Waals surface area contributed by atoms with Crippen molar-refractivity contribution in [2.45, 2.75) is 74.0 Å². The van der Waals surface area contributed by atoms with Crippen LogP contribution in [0.1, 0.15) is 50.6 Å². The molecule has 2 aliphatic carbocycles. The van der Waals surface area contributed by atoms with Crippen LogP contribution in [-0.2, 0) is 9.84 Å². The molecule has 1 aromatic rings. The van der Waals surface area contributed by atoms with Crippen LogP contribution in [0.4, 0.5) is 8.78 Å². The van der Waals surface area contributed by atoms with Gasteiger partial charge in [0.25, 0.3) is 0 Å². The van der Waals surface area contributed by atoms with Gasteiger partial charge in [-0.1, -0.05) is 6.42 Å². The number of alkyl halides is 2. The molecule has 176 valence electrons. The van der Waals surface area contributed by atoms with E-state index in [1.54, 1.807) is 43.5 Å². The molecule has 5 rings (SSSR count). The first-order valence-electron chi connectivity index (χ1n) is 11.2. The summed E-state index contributed by atoms with van der Waals surface area (Å²) in [6, 6.07) is 8.29. The number of benzene rings is 1. The molecular formula is C24H26F2N2O4S. The molecule has 0 amide bonds. The molecule has 0 aromatic heterocycles. The van der Waals surface area contributed by atoms with Gasteiger partial charge in [0, 0.05) is 30.2 Å². The van der Waals surface area contributed by atoms with Crippen molar-refractivity contribution in [1.29, 1.82) is 0 Å². The maximum atomic E-state index is 13.6. The van der Waals surface area contributed by atoms with Crippen molar-refractivity contribution in [3.8, 4) is 28.3 Å². The Kier molecular flexibility index (Phi) is 5.34. The van der Waals surface area contributed by atoms with Gasteiger partial charge in [-0.05, 0) is 68.5 Å². The van der Waals surface area contributed by atoms with E-state index in [0.29, 0.717) is 46.8 Å². The highest BCUT2D eigenvalue weighted by atomic mass is 32.2. The third-order valence-corrected chi connectivity index (χ3v) is 9.14. The second-order valence-electron chi connectivity index (χ2n) is 9.12. The van der Waals surface area contributed by atoms with Gasteiger partial charge in [-0.2, -0.15) is 4.73 Å². The molecule has 9 heteroatoms. The van der Waals surface area contributed by atoms with E-state index in [1.807, 2.05) is 0 Å². The third kappa shape index (κ3) is 3.96. The van der Waals surface area contributed by atoms with E-state index in [1.165, 1.54) is 0 Å². The topological polar surface area (TPSA) is 81.4 Å². The molecule has 0 atom stereocenters. The average Bonchev–Trinajstić information content (AvgIpc) is 3.21. The summed E-state index contributed by atoms with van der Waals surface area (Å²) >= 11 is 0. The van der Waals surface area contributed by atoms with E-state index in [2.05, 4.69) is 4.98 Å². The first-order valence-corrected chi connectivity index (χ1v) is 12.8. The quantitative estimate of drug-likeness (QED) is 0.493. The summed E-state index contributed by atoms with van der Waals surface area (Å²) in [6.07, 6.45) is 3.39. The van der Waals surface area contributed by atoms with E-state index >= 15 is 0 Å². The number of ether oxygens (including phenoxy) is 1. The number of halogens is 2. The lowest BCUT2D eigenvalue weighted by Gasteiger charge is -2.30. The minimum atomic E-state index is -3.48. The summed E-state index contributed by atoms with van der Waals surface area (Å²) in [5.74, 6) is -1.88. The Balaban J connectivity index is 1.60. The number of aromatic nitrogens is 2. The molecule has 2 saturated carbocycles. The maximum Gasteiger partial charge on any atom is 0.248 e. The van der Waals surface area contributed by atoms with E-state index < -0.39 is 15.8 Å². The van der Waals surface area contributed by atoms with Gasteiger partial charge in [0.1, 0.15) is 5.75 Å². The zero-order valence-corrected chi connectivity index (χ0v) is 19.1. The van der Waals surface area contributed by atoms with E-state index in [-0.39, 0.29) is 41.9 Å². The lowest BCUT2D eigenvalue weighted by atomic mass is 9.94. The van der Waals surface area contributed by atoms with Gasteiger partial charge in [0.2, 0.25) is 5.92 Å². The van der Waals surface area contributed by atoms with Crippen molar-refractivity contribution in [1.82, 2.24) is 9.71 Å². The fourth-order valence-electron chi connectivity index (χ4n) is 4.63. The van der Waals surface area contributed by atoms with Gasteiger partial charge >= 0.3 is 0 Å². The predicted octanol–water partition coefficient (Wildman–Crippen LogP) is 5.48. The Morgan fingerprint density at radius 2 is 1.79 bits per heavy atom. The highest BCUT2D eigenvalue weighted by molar-refractivity contribution is 7.92. The van der Waals surface area contributed by atoms with Crippen LogP contribution in [0.5, 0.6) is 5.75 Å². The van der Waals surface area contributed by atoms with Gasteiger partial charge < -0.3 is 9.94 Å². The molecule has 6 nitrogen and oxygen atoms in total. The van der Waals surface area contributed by atoms with E-state index in [0.717, 1.165) is 11.2 Å². The van der Waals surface area contributed by atoms with E-state index in [4.69, 9.17) is 4.74 Å². The minimum absolute atomic E-state index is 0.218. The Labute approximate surface area is 191 Å². The van der Waals surface area contributed by atoms with Crippen LogP contribution in [0.15, 0.2) is 41.4 Å². The summed E-state index contributed by atoms with van der Waals surface area (Å²) in [6.45, 7) is 1.72. The number of nitrogens with zero attached hydrogens (tertiary/aromatic N) is 2. The predicted molar refractivity (Wildman–Crippen MR) is 119 cm³/mol. The molecule has 0 radical (unpaired) electrons. The molecule has 33 heavy (non-hydrogen) atoms. The van der Waals surface area contributed by atoms with Crippen LogP contribution < -0.4 is 4.74 Å². The lowest BCUT2D eigenvalue weighted by molar-refractivity contribution is -0.0581. The fourth-order valence-corrected chi connectivity index (χ4v) is 6.51. The van der Waals surface area contributed by atoms with Crippen LogP contribution in [0.25, 0.3) is 22.5 Å². The second-order valence-corrected chi connectivity index (χ2v) is 11.4. The Morgan fingerprint density at radius 1 is 1.06 bits per heavy atom. The summed E-state index contributed by atoms with van der Waals surface area (Å²) in [5.41, 5.74) is 2.38. The zero-order chi connectivity index (χ0) is 23.4. The molecule has 0 bridgehead atoms. The SMILES string of the molecule is Cc1cc(-c2cc(S(=O)(=O)C3CCC3)ccc2OC2CCC(F)(F)CC2)c2ccnc-2n1O. The standard InChI is InChI=1S/C24H26F2N2O4S/c1-15-13-20(19-9-12-27-23(19)28(15)29)21-14-18(33(30,31)17-3-2-4-17)5-6-22(21)32-16-7-10-24(25,26)11-8-16/h5-6,9,12-14,16-17,29H,2-4,7-8,10-11H2,1H3. The van der Waals surface area contributed by atoms with Crippen molar-refractivity contribution in [3.05, 3.63) is 42.2 Å². The molecule has 0 spiro atoms. The molecule has 0 unspecified atom stereocenters. The third-order valence-electron chi connectivity index (χ3n) is 6.88. The van der Waals surface area contributed by atoms with Gasteiger partial charge in [-0.25, -0.2) is 22.2 Å². The number of hydrogen-bond acceptors (Lipinski definition) is 5. The Hall–Kier alpha value is -2.68. The highest BCUT2D eigenvalue weighted by Gasteiger charge is 2.37. The van der Waals surface area contributed by atoms with Crippen LogP contribution in [0.3, 0.4) is 0 Å². The van der Waals surface area contributed by atoms with Crippen molar-refractivity contribution < 1.29 is 27.1 Å². The van der Waals surface area contributed by atoms with Crippen LogP contribution in [-0.4, -0.2) is 40.6 Å². The molecule has 2 fully saturated rings. The highest BCUT2D eigenvalue weighted by Crippen LogP contribution is 2.43.